The zero-order valence-corrected chi connectivity index (χ0v) is 13.6. The molecule has 21 heavy (non-hydrogen) atoms. The van der Waals surface area contributed by atoms with Crippen LogP contribution in [0.15, 0.2) is 0 Å². The fraction of sp³-hybridized carbons (Fsp3) is 0.875. The standard InChI is InChI=1S/C16H29N3O2/c1-4-21-16(20)10-14-9-15(18-7-5-13(2)3)12-19(11-14)8-6-17/h13-15,18H,4-5,7-12H2,1-3H3. The van der Waals surface area contributed by atoms with E-state index in [1.165, 1.54) is 0 Å². The summed E-state index contributed by atoms with van der Waals surface area (Å²) in [6.45, 7) is 9.83. The maximum Gasteiger partial charge on any atom is 0.306 e. The van der Waals surface area contributed by atoms with Gasteiger partial charge in [0.25, 0.3) is 0 Å². The number of ether oxygens (including phenoxy) is 1. The Labute approximate surface area is 128 Å². The zero-order chi connectivity index (χ0) is 15.7. The first-order valence-corrected chi connectivity index (χ1v) is 8.03. The lowest BCUT2D eigenvalue weighted by Crippen LogP contribution is -2.50. The van der Waals surface area contributed by atoms with E-state index in [1.54, 1.807) is 0 Å². The third kappa shape index (κ3) is 7.45. The van der Waals surface area contributed by atoms with Crippen LogP contribution in [0.25, 0.3) is 0 Å². The van der Waals surface area contributed by atoms with Crippen molar-refractivity contribution in [1.29, 1.82) is 5.26 Å². The fourth-order valence-corrected chi connectivity index (χ4v) is 2.86. The van der Waals surface area contributed by atoms with E-state index in [4.69, 9.17) is 10.00 Å². The van der Waals surface area contributed by atoms with E-state index in [0.717, 1.165) is 32.5 Å². The van der Waals surface area contributed by atoms with Crippen LogP contribution >= 0.6 is 0 Å². The molecular weight excluding hydrogens is 266 g/mol. The monoisotopic (exact) mass is 295 g/mol. The van der Waals surface area contributed by atoms with Crippen molar-refractivity contribution in [2.75, 3.05) is 32.8 Å². The average Bonchev–Trinajstić information content (AvgIpc) is 2.38. The molecule has 1 aliphatic rings. The van der Waals surface area contributed by atoms with Gasteiger partial charge in [-0.15, -0.1) is 0 Å². The van der Waals surface area contributed by atoms with Crippen LogP contribution in [0.1, 0.15) is 40.0 Å². The second kappa shape index (κ2) is 9.75. The number of piperidine rings is 1. The van der Waals surface area contributed by atoms with E-state index in [9.17, 15) is 4.79 Å². The van der Waals surface area contributed by atoms with Crippen LogP contribution in [-0.2, 0) is 9.53 Å². The van der Waals surface area contributed by atoms with Gasteiger partial charge in [-0.3, -0.25) is 9.69 Å². The highest BCUT2D eigenvalue weighted by Crippen LogP contribution is 2.20. The van der Waals surface area contributed by atoms with Crippen molar-refractivity contribution in [3.63, 3.8) is 0 Å². The van der Waals surface area contributed by atoms with E-state index in [0.29, 0.717) is 31.5 Å². The number of likely N-dealkylation sites (tertiary alicyclic amines) is 1. The molecule has 2 atom stereocenters. The summed E-state index contributed by atoms with van der Waals surface area (Å²) >= 11 is 0. The Kier molecular flexibility index (Phi) is 8.33. The van der Waals surface area contributed by atoms with Crippen molar-refractivity contribution < 1.29 is 9.53 Å². The predicted molar refractivity (Wildman–Crippen MR) is 82.7 cm³/mol. The molecule has 0 saturated carbocycles. The van der Waals surface area contributed by atoms with Gasteiger partial charge < -0.3 is 10.1 Å². The van der Waals surface area contributed by atoms with E-state index >= 15 is 0 Å². The van der Waals surface area contributed by atoms with Gasteiger partial charge in [0.1, 0.15) is 0 Å². The van der Waals surface area contributed by atoms with Crippen LogP contribution in [0.4, 0.5) is 0 Å². The van der Waals surface area contributed by atoms with E-state index in [1.807, 2.05) is 6.92 Å². The predicted octanol–water partition coefficient (Wildman–Crippen LogP) is 1.79. The number of hydrogen-bond donors (Lipinski definition) is 1. The molecule has 1 rings (SSSR count). The lowest BCUT2D eigenvalue weighted by atomic mass is 9.91. The first-order valence-electron chi connectivity index (χ1n) is 8.03. The molecule has 2 unspecified atom stereocenters. The molecule has 0 amide bonds. The van der Waals surface area contributed by atoms with Gasteiger partial charge in [-0.2, -0.15) is 5.26 Å². The van der Waals surface area contributed by atoms with Crippen LogP contribution < -0.4 is 5.32 Å². The lowest BCUT2D eigenvalue weighted by Gasteiger charge is -2.36. The number of nitrogens with zero attached hydrogens (tertiary/aromatic N) is 2. The number of nitrogens with one attached hydrogen (secondary N) is 1. The lowest BCUT2D eigenvalue weighted by molar-refractivity contribution is -0.144. The molecular formula is C16H29N3O2. The summed E-state index contributed by atoms with van der Waals surface area (Å²) in [6.07, 6.45) is 2.59. The molecule has 0 aromatic heterocycles. The van der Waals surface area contributed by atoms with Crippen LogP contribution in [0.5, 0.6) is 0 Å². The minimum Gasteiger partial charge on any atom is -0.466 e. The summed E-state index contributed by atoms with van der Waals surface area (Å²) in [5, 5.41) is 12.5. The van der Waals surface area contributed by atoms with Gasteiger partial charge in [-0.1, -0.05) is 13.8 Å². The summed E-state index contributed by atoms with van der Waals surface area (Å²) in [5.74, 6) is 0.844. The minimum absolute atomic E-state index is 0.123. The smallest absolute Gasteiger partial charge is 0.306 e. The number of esters is 1. The average molecular weight is 295 g/mol. The molecule has 1 fully saturated rings. The minimum atomic E-state index is -0.123. The van der Waals surface area contributed by atoms with Gasteiger partial charge in [0, 0.05) is 25.6 Å². The third-order valence-corrected chi connectivity index (χ3v) is 3.82. The molecule has 0 bridgehead atoms. The Morgan fingerprint density at radius 1 is 1.48 bits per heavy atom. The van der Waals surface area contributed by atoms with Crippen molar-refractivity contribution in [3.8, 4) is 6.07 Å². The van der Waals surface area contributed by atoms with Crippen molar-refractivity contribution in [1.82, 2.24) is 10.2 Å². The summed E-state index contributed by atoms with van der Waals surface area (Å²) in [5.41, 5.74) is 0. The molecule has 5 heteroatoms. The molecule has 5 nitrogen and oxygen atoms in total. The van der Waals surface area contributed by atoms with Crippen molar-refractivity contribution in [2.24, 2.45) is 11.8 Å². The molecule has 1 saturated heterocycles. The summed E-state index contributed by atoms with van der Waals surface area (Å²) in [4.78, 5) is 13.8. The molecule has 0 spiro atoms. The maximum absolute atomic E-state index is 11.7. The second-order valence-electron chi connectivity index (χ2n) is 6.30. The van der Waals surface area contributed by atoms with Gasteiger partial charge in [0.15, 0.2) is 0 Å². The van der Waals surface area contributed by atoms with Crippen molar-refractivity contribution in [2.45, 2.75) is 46.1 Å². The third-order valence-electron chi connectivity index (χ3n) is 3.82. The molecule has 1 heterocycles. The van der Waals surface area contributed by atoms with Gasteiger partial charge in [-0.25, -0.2) is 0 Å². The summed E-state index contributed by atoms with van der Waals surface area (Å²) in [6, 6.07) is 2.58. The molecule has 0 radical (unpaired) electrons. The zero-order valence-electron chi connectivity index (χ0n) is 13.6. The van der Waals surface area contributed by atoms with Crippen LogP contribution in [0.3, 0.4) is 0 Å². The Morgan fingerprint density at radius 3 is 2.86 bits per heavy atom. The largest absolute Gasteiger partial charge is 0.466 e. The highest BCUT2D eigenvalue weighted by molar-refractivity contribution is 5.69. The Hall–Kier alpha value is -1.12. The van der Waals surface area contributed by atoms with Gasteiger partial charge in [-0.05, 0) is 38.1 Å². The SMILES string of the molecule is CCOC(=O)CC1CC(NCCC(C)C)CN(CC#N)C1. The Balaban J connectivity index is 2.47. The first kappa shape index (κ1) is 17.9. The van der Waals surface area contributed by atoms with E-state index in [-0.39, 0.29) is 11.9 Å². The summed E-state index contributed by atoms with van der Waals surface area (Å²) in [7, 11) is 0. The van der Waals surface area contributed by atoms with Gasteiger partial charge in [0.2, 0.25) is 0 Å². The molecule has 1 N–H and O–H groups in total. The van der Waals surface area contributed by atoms with E-state index in [2.05, 4.69) is 30.1 Å². The number of carbonyl (C=O) groups excluding carboxylic acids is 1. The van der Waals surface area contributed by atoms with Crippen LogP contribution in [0.2, 0.25) is 0 Å². The number of nitriles is 1. The van der Waals surface area contributed by atoms with Crippen LogP contribution in [0, 0.1) is 23.2 Å². The molecule has 120 valence electrons. The number of hydrogen-bond acceptors (Lipinski definition) is 5. The molecule has 0 aromatic rings. The number of carbonyl (C=O) groups is 1. The molecule has 0 aromatic carbocycles. The maximum atomic E-state index is 11.7. The topological polar surface area (TPSA) is 65.4 Å². The van der Waals surface area contributed by atoms with E-state index < -0.39 is 0 Å². The quantitative estimate of drug-likeness (QED) is 0.546. The highest BCUT2D eigenvalue weighted by Gasteiger charge is 2.28. The summed E-state index contributed by atoms with van der Waals surface area (Å²) < 4.78 is 5.04. The highest BCUT2D eigenvalue weighted by atomic mass is 16.5. The Morgan fingerprint density at radius 2 is 2.24 bits per heavy atom. The van der Waals surface area contributed by atoms with Gasteiger partial charge in [0.05, 0.1) is 19.2 Å². The molecule has 0 aliphatic carbocycles. The molecule has 1 aliphatic heterocycles. The van der Waals surface area contributed by atoms with Crippen LogP contribution in [-0.4, -0.2) is 49.7 Å². The van der Waals surface area contributed by atoms with Gasteiger partial charge >= 0.3 is 5.97 Å². The Bertz CT molecular complexity index is 352. The normalized spacial score (nSPS) is 23.0. The first-order chi connectivity index (χ1) is 10.0. The van der Waals surface area contributed by atoms with Crippen molar-refractivity contribution >= 4 is 5.97 Å². The number of rotatable bonds is 8. The fourth-order valence-electron chi connectivity index (χ4n) is 2.86. The second-order valence-corrected chi connectivity index (χ2v) is 6.30. The van der Waals surface area contributed by atoms with Crippen molar-refractivity contribution in [3.05, 3.63) is 0 Å².